The second-order valence-electron chi connectivity index (χ2n) is 5.86. The molecule has 0 fully saturated rings. The second-order valence-corrected chi connectivity index (χ2v) is 5.86. The lowest BCUT2D eigenvalue weighted by Crippen LogP contribution is -2.16. The summed E-state index contributed by atoms with van der Waals surface area (Å²) in [4.78, 5) is 6.61. The molecule has 1 aliphatic rings. The topological polar surface area (TPSA) is 29.3 Å². The van der Waals surface area contributed by atoms with Gasteiger partial charge in [0.1, 0.15) is 5.69 Å². The van der Waals surface area contributed by atoms with Crippen LogP contribution < -0.4 is 0 Å². The van der Waals surface area contributed by atoms with Gasteiger partial charge in [-0.05, 0) is 32.1 Å². The molecular weight excluding hydrogens is 404 g/mol. The molecule has 180 valence electrons. The van der Waals surface area contributed by atoms with E-state index >= 15 is 0 Å². The molecule has 0 N–H and O–H groups in total. The smallest absolute Gasteiger partial charge is 0.192 e. The van der Waals surface area contributed by atoms with Gasteiger partial charge < -0.3 is 9.32 Å². The fraction of sp³-hybridized carbons (Fsp3) is 0.300. The zero-order valence-electron chi connectivity index (χ0n) is 22.3. The number of allylic oxidation sites excluding steroid dienone is 12. The highest BCUT2D eigenvalue weighted by molar-refractivity contribution is 5.84. The van der Waals surface area contributed by atoms with Crippen LogP contribution in [0.3, 0.4) is 0 Å². The number of oxazole rings is 1. The van der Waals surface area contributed by atoms with Gasteiger partial charge in [0.15, 0.2) is 11.7 Å². The maximum atomic E-state index is 5.96. The third-order valence-electron chi connectivity index (χ3n) is 3.92. The third-order valence-corrected chi connectivity index (χ3v) is 3.92. The van der Waals surface area contributed by atoms with Crippen LogP contribution in [0.1, 0.15) is 72.7 Å². The lowest BCUT2D eigenvalue weighted by Gasteiger charge is -2.26. The molecule has 33 heavy (non-hydrogen) atoms. The Balaban J connectivity index is 0. The normalized spacial score (nSPS) is 13.4. The Bertz CT molecular complexity index is 915. The standard InChI is InChI=1S/C24H26N2O.3C2H6/c1-7-11-14-22(10-4)26-17-21(16-15-18(26)5)24-23(25-19(6)27-24)20(12-8-2)13-9-3;3*1-2/h7-17H,1-2,5H2,3-4,6H3;3*1-2H3/b13-9-,14-11-,20-12+,22-10+;;;. The van der Waals surface area contributed by atoms with E-state index in [1.165, 1.54) is 0 Å². The van der Waals surface area contributed by atoms with E-state index in [1.807, 2.05) is 122 Å². The van der Waals surface area contributed by atoms with Crippen LogP contribution in [-0.4, -0.2) is 9.88 Å². The monoisotopic (exact) mass is 448 g/mol. The summed E-state index contributed by atoms with van der Waals surface area (Å²) in [6, 6.07) is 0. The van der Waals surface area contributed by atoms with E-state index in [2.05, 4.69) is 24.7 Å². The molecule has 0 amide bonds. The van der Waals surface area contributed by atoms with Crippen molar-refractivity contribution in [1.82, 2.24) is 9.88 Å². The van der Waals surface area contributed by atoms with E-state index < -0.39 is 0 Å². The molecule has 0 radical (unpaired) electrons. The minimum absolute atomic E-state index is 0.613. The summed E-state index contributed by atoms with van der Waals surface area (Å²) >= 11 is 0. The summed E-state index contributed by atoms with van der Waals surface area (Å²) in [6.45, 7) is 29.5. The Morgan fingerprint density at radius 2 is 1.61 bits per heavy atom. The molecule has 2 rings (SSSR count). The molecule has 0 spiro atoms. The van der Waals surface area contributed by atoms with Crippen LogP contribution in [0.5, 0.6) is 0 Å². The van der Waals surface area contributed by atoms with Crippen LogP contribution in [0.4, 0.5) is 0 Å². The maximum Gasteiger partial charge on any atom is 0.192 e. The van der Waals surface area contributed by atoms with E-state index in [0.29, 0.717) is 5.89 Å². The molecule has 1 aliphatic heterocycles. The van der Waals surface area contributed by atoms with Crippen molar-refractivity contribution in [2.45, 2.75) is 62.3 Å². The van der Waals surface area contributed by atoms with Crippen LogP contribution in [0, 0.1) is 6.92 Å². The number of nitrogens with zero attached hydrogens (tertiary/aromatic N) is 2. The highest BCUT2D eigenvalue weighted by Crippen LogP contribution is 2.32. The van der Waals surface area contributed by atoms with Gasteiger partial charge in [-0.3, -0.25) is 0 Å². The van der Waals surface area contributed by atoms with Gasteiger partial charge in [0.25, 0.3) is 0 Å². The molecule has 0 aromatic carbocycles. The van der Waals surface area contributed by atoms with E-state index in [1.54, 1.807) is 12.2 Å². The molecule has 2 heterocycles. The van der Waals surface area contributed by atoms with Gasteiger partial charge in [-0.2, -0.15) is 0 Å². The Kier molecular flexibility index (Phi) is 18.7. The summed E-state index contributed by atoms with van der Waals surface area (Å²) in [5.41, 5.74) is 4.52. The number of hydrogen-bond donors (Lipinski definition) is 0. The van der Waals surface area contributed by atoms with Crippen molar-refractivity contribution in [2.24, 2.45) is 0 Å². The van der Waals surface area contributed by atoms with Crippen molar-refractivity contribution < 1.29 is 4.42 Å². The number of rotatable bonds is 7. The summed E-state index contributed by atoms with van der Waals surface area (Å²) in [5, 5.41) is 0. The molecule has 3 heteroatoms. The van der Waals surface area contributed by atoms with Gasteiger partial charge in [0.2, 0.25) is 0 Å². The second kappa shape index (κ2) is 19.4. The summed E-state index contributed by atoms with van der Waals surface area (Å²) < 4.78 is 5.96. The summed E-state index contributed by atoms with van der Waals surface area (Å²) in [7, 11) is 0. The van der Waals surface area contributed by atoms with Crippen molar-refractivity contribution in [3.05, 3.63) is 115 Å². The van der Waals surface area contributed by atoms with Gasteiger partial charge in [-0.15, -0.1) is 0 Å². The van der Waals surface area contributed by atoms with E-state index in [4.69, 9.17) is 4.42 Å². The molecule has 0 saturated carbocycles. The first-order valence-electron chi connectivity index (χ1n) is 11.8. The molecule has 3 nitrogen and oxygen atoms in total. The Hall–Kier alpha value is -3.33. The van der Waals surface area contributed by atoms with Crippen LogP contribution in [0.25, 0.3) is 11.1 Å². The Labute approximate surface area is 203 Å². The molecule has 0 bridgehead atoms. The maximum absolute atomic E-state index is 5.96. The van der Waals surface area contributed by atoms with Gasteiger partial charge >= 0.3 is 0 Å². The molecule has 0 unspecified atom stereocenters. The highest BCUT2D eigenvalue weighted by Gasteiger charge is 2.20. The lowest BCUT2D eigenvalue weighted by molar-refractivity contribution is 0.507. The molecule has 0 atom stereocenters. The van der Waals surface area contributed by atoms with Crippen LogP contribution >= 0.6 is 0 Å². The van der Waals surface area contributed by atoms with Gasteiger partial charge in [0, 0.05) is 35.7 Å². The van der Waals surface area contributed by atoms with E-state index in [-0.39, 0.29) is 0 Å². The average molecular weight is 449 g/mol. The lowest BCUT2D eigenvalue weighted by atomic mass is 10.0. The average Bonchev–Trinajstić information content (AvgIpc) is 3.25. The number of aromatic nitrogens is 1. The zero-order chi connectivity index (χ0) is 25.8. The Morgan fingerprint density at radius 3 is 2.12 bits per heavy atom. The van der Waals surface area contributed by atoms with Gasteiger partial charge in [-0.25, -0.2) is 4.98 Å². The first-order chi connectivity index (χ1) is 16.0. The van der Waals surface area contributed by atoms with Gasteiger partial charge in [0.05, 0.1) is 0 Å². The number of aryl methyl sites for hydroxylation is 1. The molecular formula is C30H44N2O. The quantitative estimate of drug-likeness (QED) is 0.389. The third kappa shape index (κ3) is 9.78. The fourth-order valence-electron chi connectivity index (χ4n) is 2.73. The predicted octanol–water partition coefficient (Wildman–Crippen LogP) is 9.58. The van der Waals surface area contributed by atoms with Gasteiger partial charge in [-0.1, -0.05) is 104 Å². The minimum Gasteiger partial charge on any atom is -0.440 e. The molecule has 0 aliphatic carbocycles. The van der Waals surface area contributed by atoms with E-state index in [9.17, 15) is 0 Å². The minimum atomic E-state index is 0.613. The summed E-state index contributed by atoms with van der Waals surface area (Å²) in [5.74, 6) is 1.33. The first-order valence-corrected chi connectivity index (χ1v) is 11.8. The van der Waals surface area contributed by atoms with Crippen molar-refractivity contribution >= 4 is 11.1 Å². The van der Waals surface area contributed by atoms with Crippen molar-refractivity contribution in [3.63, 3.8) is 0 Å². The van der Waals surface area contributed by atoms with Crippen LogP contribution in [0.2, 0.25) is 0 Å². The molecule has 1 aromatic heterocycles. The van der Waals surface area contributed by atoms with Crippen molar-refractivity contribution in [3.8, 4) is 0 Å². The van der Waals surface area contributed by atoms with Crippen molar-refractivity contribution in [1.29, 1.82) is 0 Å². The highest BCUT2D eigenvalue weighted by atomic mass is 16.4. The van der Waals surface area contributed by atoms with Crippen LogP contribution in [0.15, 0.2) is 103 Å². The van der Waals surface area contributed by atoms with Crippen molar-refractivity contribution in [2.75, 3.05) is 0 Å². The molecule has 1 aromatic rings. The Morgan fingerprint density at radius 1 is 0.970 bits per heavy atom. The van der Waals surface area contributed by atoms with Crippen LogP contribution in [-0.2, 0) is 0 Å². The fourth-order valence-corrected chi connectivity index (χ4v) is 2.73. The first kappa shape index (κ1) is 31.9. The van der Waals surface area contributed by atoms with E-state index in [0.717, 1.165) is 34.0 Å². The predicted molar refractivity (Wildman–Crippen MR) is 149 cm³/mol. The summed E-state index contributed by atoms with van der Waals surface area (Å²) in [6.07, 6.45) is 21.3. The zero-order valence-corrected chi connectivity index (χ0v) is 22.3. The SMILES string of the molecule is C=C/C=C\C(=C/C)N1C=C(c2oc(C)nc2C(/C=C\C)=C/C=C)C=CC1=C.CC.CC.CC. The largest absolute Gasteiger partial charge is 0.440 e. The number of hydrogen-bond acceptors (Lipinski definition) is 3. The molecule has 0 saturated heterocycles.